The number of ether oxygens (including phenoxy) is 1. The second-order valence-electron chi connectivity index (χ2n) is 9.18. The number of carbonyl (C=O) groups excluding carboxylic acids is 4. The van der Waals surface area contributed by atoms with Crippen LogP contribution < -0.4 is 0 Å². The summed E-state index contributed by atoms with van der Waals surface area (Å²) in [5, 5.41) is 0. The van der Waals surface area contributed by atoms with E-state index in [-0.39, 0.29) is 47.2 Å². The summed E-state index contributed by atoms with van der Waals surface area (Å²) in [6.45, 7) is 1.08. The first-order chi connectivity index (χ1) is 15.4. The molecule has 3 fully saturated rings. The molecule has 6 nitrogen and oxygen atoms in total. The molecule has 5 rings (SSSR count). The number of benzene rings is 2. The van der Waals surface area contributed by atoms with Crippen LogP contribution in [0.4, 0.5) is 0 Å². The lowest BCUT2D eigenvalue weighted by atomic mass is 9.73. The summed E-state index contributed by atoms with van der Waals surface area (Å²) in [6.07, 6.45) is 1.79. The van der Waals surface area contributed by atoms with Gasteiger partial charge in [-0.1, -0.05) is 60.2 Å². The summed E-state index contributed by atoms with van der Waals surface area (Å²) < 4.78 is 5.09. The van der Waals surface area contributed by atoms with Crippen molar-refractivity contribution >= 4 is 23.6 Å². The van der Waals surface area contributed by atoms with Crippen LogP contribution in [0.15, 0.2) is 54.6 Å². The number of fused-ring (bicyclic) bond motifs is 5. The maximum Gasteiger partial charge on any atom is 0.326 e. The number of amides is 2. The Morgan fingerprint density at radius 1 is 0.938 bits per heavy atom. The van der Waals surface area contributed by atoms with Gasteiger partial charge in [-0.25, -0.2) is 0 Å². The van der Waals surface area contributed by atoms with Crippen molar-refractivity contribution in [3.8, 4) is 0 Å². The van der Waals surface area contributed by atoms with Crippen molar-refractivity contribution in [2.75, 3.05) is 13.2 Å². The lowest BCUT2D eigenvalue weighted by Crippen LogP contribution is -2.38. The molecule has 2 saturated carbocycles. The summed E-state index contributed by atoms with van der Waals surface area (Å²) >= 11 is 0. The average molecular weight is 431 g/mol. The minimum atomic E-state index is -0.737. The second kappa shape index (κ2) is 8.01. The number of Topliss-reactive ketones (excluding diaryl/α,β-unsaturated/α-hetero) is 1. The monoisotopic (exact) mass is 431 g/mol. The van der Waals surface area contributed by atoms with Crippen molar-refractivity contribution in [1.29, 1.82) is 0 Å². The Labute approximate surface area is 186 Å². The molecule has 2 aromatic rings. The summed E-state index contributed by atoms with van der Waals surface area (Å²) in [5.41, 5.74) is 2.69. The summed E-state index contributed by atoms with van der Waals surface area (Å²) in [5.74, 6) is -1.68. The van der Waals surface area contributed by atoms with Gasteiger partial charge in [-0.15, -0.1) is 0 Å². The van der Waals surface area contributed by atoms with Crippen molar-refractivity contribution in [1.82, 2.24) is 4.90 Å². The number of likely N-dealkylation sites (tertiary alicyclic amines) is 1. The van der Waals surface area contributed by atoms with E-state index in [0.29, 0.717) is 5.56 Å². The Balaban J connectivity index is 1.22. The molecule has 1 aliphatic heterocycles. The molecule has 0 unspecified atom stereocenters. The quantitative estimate of drug-likeness (QED) is 0.399. The Morgan fingerprint density at radius 2 is 1.62 bits per heavy atom. The molecule has 0 N–H and O–H groups in total. The van der Waals surface area contributed by atoms with Gasteiger partial charge in [0.2, 0.25) is 11.8 Å². The first-order valence-electron chi connectivity index (χ1n) is 11.1. The molecular formula is C26H25NO5. The molecule has 2 bridgehead atoms. The van der Waals surface area contributed by atoms with Crippen LogP contribution in [-0.2, 0) is 19.1 Å². The molecular weight excluding hydrogens is 406 g/mol. The average Bonchev–Trinajstić information content (AvgIpc) is 3.46. The van der Waals surface area contributed by atoms with E-state index in [1.54, 1.807) is 12.1 Å². The van der Waals surface area contributed by atoms with Crippen molar-refractivity contribution < 1.29 is 23.9 Å². The second-order valence-corrected chi connectivity index (χ2v) is 9.18. The van der Waals surface area contributed by atoms with Gasteiger partial charge in [0, 0.05) is 5.56 Å². The smallest absolute Gasteiger partial charge is 0.326 e. The third-order valence-electron chi connectivity index (χ3n) is 7.36. The van der Waals surface area contributed by atoms with E-state index in [4.69, 9.17) is 4.74 Å². The normalized spacial score (nSPS) is 28.2. The lowest BCUT2D eigenvalue weighted by Gasteiger charge is -2.28. The van der Waals surface area contributed by atoms with Crippen molar-refractivity contribution in [3.63, 3.8) is 0 Å². The molecule has 2 amide bonds. The van der Waals surface area contributed by atoms with Crippen LogP contribution >= 0.6 is 0 Å². The molecule has 164 valence electrons. The standard InChI is InChI=1S/C26H25NO5/c1-15-7-9-17(10-8-15)21(28)14-32-22(29)13-27-25(30)23-18-11-19(16-5-3-2-4-6-16)20(12-18)24(23)26(27)31/h2-10,18-20,23-24H,11-14H2,1H3/t18-,19+,20+,23+,24+/m0/s1. The molecule has 2 aromatic carbocycles. The van der Waals surface area contributed by atoms with E-state index in [0.717, 1.165) is 23.3 Å². The van der Waals surface area contributed by atoms with Crippen molar-refractivity contribution in [3.05, 3.63) is 71.3 Å². The number of esters is 1. The summed E-state index contributed by atoms with van der Waals surface area (Å²) in [4.78, 5) is 51.7. The largest absolute Gasteiger partial charge is 0.456 e. The SMILES string of the molecule is Cc1ccc(C(=O)COC(=O)CN2C(=O)[C@@H]3[C@@H]4C[C@@H]([C@H]3C2=O)[C@@H](c2ccccc2)C4)cc1. The molecule has 1 saturated heterocycles. The number of carbonyl (C=O) groups is 4. The van der Waals surface area contributed by atoms with Crippen LogP contribution in [0.25, 0.3) is 0 Å². The van der Waals surface area contributed by atoms with Crippen molar-refractivity contribution in [2.24, 2.45) is 23.7 Å². The topological polar surface area (TPSA) is 80.8 Å². The van der Waals surface area contributed by atoms with E-state index in [2.05, 4.69) is 12.1 Å². The maximum absolute atomic E-state index is 13.1. The zero-order chi connectivity index (χ0) is 22.4. The van der Waals surface area contributed by atoms with Crippen LogP contribution in [0.3, 0.4) is 0 Å². The maximum atomic E-state index is 13.1. The third-order valence-corrected chi connectivity index (χ3v) is 7.36. The van der Waals surface area contributed by atoms with Gasteiger partial charge in [0.1, 0.15) is 6.54 Å². The molecule has 3 aliphatic rings. The first-order valence-corrected chi connectivity index (χ1v) is 11.1. The predicted molar refractivity (Wildman–Crippen MR) is 116 cm³/mol. The van der Waals surface area contributed by atoms with Gasteiger partial charge in [0.15, 0.2) is 12.4 Å². The predicted octanol–water partition coefficient (Wildman–Crippen LogP) is 3.15. The van der Waals surface area contributed by atoms with E-state index in [1.807, 2.05) is 37.3 Å². The van der Waals surface area contributed by atoms with Gasteiger partial charge in [0.25, 0.3) is 0 Å². The van der Waals surface area contributed by atoms with Gasteiger partial charge in [-0.2, -0.15) is 0 Å². The molecule has 1 heterocycles. The number of hydrogen-bond donors (Lipinski definition) is 0. The molecule has 0 radical (unpaired) electrons. The molecule has 6 heteroatoms. The fraction of sp³-hybridized carbons (Fsp3) is 0.385. The number of hydrogen-bond acceptors (Lipinski definition) is 5. The highest BCUT2D eigenvalue weighted by molar-refractivity contribution is 6.08. The van der Waals surface area contributed by atoms with Gasteiger partial charge < -0.3 is 4.74 Å². The van der Waals surface area contributed by atoms with Crippen LogP contribution in [0.1, 0.15) is 40.2 Å². The van der Waals surface area contributed by atoms with Gasteiger partial charge in [0.05, 0.1) is 11.8 Å². The fourth-order valence-corrected chi connectivity index (χ4v) is 5.90. The lowest BCUT2D eigenvalue weighted by molar-refractivity contribution is -0.152. The molecule has 5 atom stereocenters. The molecule has 0 spiro atoms. The van der Waals surface area contributed by atoms with Gasteiger partial charge in [-0.3, -0.25) is 24.1 Å². The highest BCUT2D eigenvalue weighted by Gasteiger charge is 2.64. The highest BCUT2D eigenvalue weighted by atomic mass is 16.5. The number of rotatable bonds is 6. The zero-order valence-corrected chi connectivity index (χ0v) is 17.9. The van der Waals surface area contributed by atoms with E-state index < -0.39 is 19.1 Å². The first kappa shape index (κ1) is 20.6. The minimum absolute atomic E-state index is 0.132. The van der Waals surface area contributed by atoms with Crippen molar-refractivity contribution in [2.45, 2.75) is 25.7 Å². The summed E-state index contributed by atoms with van der Waals surface area (Å²) in [7, 11) is 0. The Morgan fingerprint density at radius 3 is 2.34 bits per heavy atom. The molecule has 2 aliphatic carbocycles. The number of nitrogens with zero attached hydrogens (tertiary/aromatic N) is 1. The fourth-order valence-electron chi connectivity index (χ4n) is 5.90. The number of aryl methyl sites for hydroxylation is 1. The zero-order valence-electron chi connectivity index (χ0n) is 17.9. The van der Waals surface area contributed by atoms with Gasteiger partial charge >= 0.3 is 5.97 Å². The number of imide groups is 1. The minimum Gasteiger partial charge on any atom is -0.456 e. The van der Waals surface area contributed by atoms with Gasteiger partial charge in [-0.05, 0) is 43.1 Å². The Kier molecular flexibility index (Phi) is 5.16. The van der Waals surface area contributed by atoms with E-state index >= 15 is 0 Å². The summed E-state index contributed by atoms with van der Waals surface area (Å²) in [6, 6.07) is 17.1. The number of ketones is 1. The molecule has 0 aromatic heterocycles. The van der Waals surface area contributed by atoms with Crippen LogP contribution in [-0.4, -0.2) is 41.6 Å². The molecule has 32 heavy (non-hydrogen) atoms. The van der Waals surface area contributed by atoms with E-state index in [1.165, 1.54) is 5.56 Å². The van der Waals surface area contributed by atoms with E-state index in [9.17, 15) is 19.2 Å². The van der Waals surface area contributed by atoms with Crippen LogP contribution in [0, 0.1) is 30.6 Å². The van der Waals surface area contributed by atoms with Crippen LogP contribution in [0.5, 0.6) is 0 Å². The third kappa shape index (κ3) is 3.44. The van der Waals surface area contributed by atoms with Crippen LogP contribution in [0.2, 0.25) is 0 Å². The Hall–Kier alpha value is -3.28. The Bertz CT molecular complexity index is 1080. The highest BCUT2D eigenvalue weighted by Crippen LogP contribution is 2.61.